The van der Waals surface area contributed by atoms with Gasteiger partial charge in [-0.15, -0.1) is 11.3 Å². The van der Waals surface area contributed by atoms with E-state index in [4.69, 9.17) is 10.7 Å². The van der Waals surface area contributed by atoms with Crippen molar-refractivity contribution in [3.63, 3.8) is 0 Å². The lowest BCUT2D eigenvalue weighted by atomic mass is 10.1. The third-order valence-corrected chi connectivity index (χ3v) is 4.45. The van der Waals surface area contributed by atoms with Gasteiger partial charge in [0.2, 0.25) is 0 Å². The van der Waals surface area contributed by atoms with Crippen LogP contribution in [-0.4, -0.2) is 9.97 Å². The molecule has 2 N–H and O–H groups in total. The molecule has 0 saturated heterocycles. The monoisotopic (exact) mass is 259 g/mol. The summed E-state index contributed by atoms with van der Waals surface area (Å²) in [6, 6.07) is 4.12. The van der Waals surface area contributed by atoms with Gasteiger partial charge in [-0.25, -0.2) is 4.98 Å². The summed E-state index contributed by atoms with van der Waals surface area (Å²) in [5, 5.41) is 1.04. The molecule has 3 rings (SSSR count). The van der Waals surface area contributed by atoms with Crippen LogP contribution in [0.2, 0.25) is 0 Å². The quantitative estimate of drug-likeness (QED) is 0.918. The lowest BCUT2D eigenvalue weighted by molar-refractivity contribution is 0.977. The van der Waals surface area contributed by atoms with Gasteiger partial charge in [0.15, 0.2) is 0 Å². The molecule has 1 aliphatic rings. The minimum atomic E-state index is 0.595. The number of rotatable bonds is 4. The average Bonchev–Trinajstić information content (AvgIpc) is 3.18. The second kappa shape index (κ2) is 4.78. The predicted molar refractivity (Wildman–Crippen MR) is 74.6 cm³/mol. The molecule has 2 aromatic rings. The van der Waals surface area contributed by atoms with E-state index < -0.39 is 0 Å². The molecule has 94 valence electrons. The fourth-order valence-electron chi connectivity index (χ4n) is 2.20. The van der Waals surface area contributed by atoms with E-state index >= 15 is 0 Å². The molecule has 1 aliphatic carbocycles. The predicted octanol–water partition coefficient (Wildman–Crippen LogP) is 3.10. The Kier molecular flexibility index (Phi) is 3.14. The van der Waals surface area contributed by atoms with Crippen LogP contribution in [0.3, 0.4) is 0 Å². The van der Waals surface area contributed by atoms with Crippen LogP contribution < -0.4 is 5.73 Å². The summed E-state index contributed by atoms with van der Waals surface area (Å²) in [4.78, 5) is 10.5. The maximum Gasteiger partial charge on any atom is 0.142 e. The molecule has 1 saturated carbocycles. The first-order valence-electron chi connectivity index (χ1n) is 6.47. The third-order valence-electron chi connectivity index (χ3n) is 3.35. The highest BCUT2D eigenvalue weighted by molar-refractivity contribution is 7.15. The van der Waals surface area contributed by atoms with Gasteiger partial charge < -0.3 is 5.73 Å². The van der Waals surface area contributed by atoms with Crippen molar-refractivity contribution in [2.24, 2.45) is 5.73 Å². The lowest BCUT2D eigenvalue weighted by Gasteiger charge is -2.02. The summed E-state index contributed by atoms with van der Waals surface area (Å²) in [6.45, 7) is 2.75. The van der Waals surface area contributed by atoms with Gasteiger partial charge in [-0.1, -0.05) is 13.0 Å². The molecule has 0 atom stereocenters. The minimum Gasteiger partial charge on any atom is -0.326 e. The van der Waals surface area contributed by atoms with Gasteiger partial charge in [0.25, 0.3) is 0 Å². The summed E-state index contributed by atoms with van der Waals surface area (Å²) in [6.07, 6.45) is 5.35. The van der Waals surface area contributed by atoms with E-state index in [-0.39, 0.29) is 0 Å². The maximum absolute atomic E-state index is 5.83. The molecule has 0 radical (unpaired) electrons. The average molecular weight is 259 g/mol. The number of thiazole rings is 1. The van der Waals surface area contributed by atoms with Crippen molar-refractivity contribution in [3.8, 4) is 10.7 Å². The molecule has 0 amide bonds. The largest absolute Gasteiger partial charge is 0.326 e. The van der Waals surface area contributed by atoms with Gasteiger partial charge in [-0.2, -0.15) is 0 Å². The van der Waals surface area contributed by atoms with Crippen molar-refractivity contribution in [3.05, 3.63) is 34.5 Å². The Hall–Kier alpha value is -1.26. The summed E-state index contributed by atoms with van der Waals surface area (Å²) < 4.78 is 0. The molecule has 4 heteroatoms. The zero-order valence-corrected chi connectivity index (χ0v) is 11.3. The fraction of sp³-hybridized carbons (Fsp3) is 0.429. The minimum absolute atomic E-state index is 0.595. The summed E-state index contributed by atoms with van der Waals surface area (Å²) >= 11 is 1.71. The summed E-state index contributed by atoms with van der Waals surface area (Å²) in [5.41, 5.74) is 9.35. The van der Waals surface area contributed by atoms with Crippen LogP contribution in [0.25, 0.3) is 10.7 Å². The van der Waals surface area contributed by atoms with Gasteiger partial charge in [0.1, 0.15) is 10.7 Å². The zero-order chi connectivity index (χ0) is 12.5. The van der Waals surface area contributed by atoms with Gasteiger partial charge in [-0.3, -0.25) is 4.98 Å². The molecule has 0 unspecified atom stereocenters. The van der Waals surface area contributed by atoms with E-state index in [1.807, 2.05) is 12.3 Å². The number of nitrogens with zero attached hydrogens (tertiary/aromatic N) is 2. The second-order valence-corrected chi connectivity index (χ2v) is 5.75. The van der Waals surface area contributed by atoms with Crippen LogP contribution in [0.4, 0.5) is 0 Å². The SMILES string of the molecule is CCc1cccnc1-c1nc(C2CC2)c(CN)s1. The molecule has 0 aliphatic heterocycles. The molecule has 0 spiro atoms. The Morgan fingerprint density at radius 1 is 1.44 bits per heavy atom. The van der Waals surface area contributed by atoms with E-state index in [9.17, 15) is 0 Å². The first kappa shape index (κ1) is 11.8. The van der Waals surface area contributed by atoms with Crippen LogP contribution in [0.15, 0.2) is 18.3 Å². The number of nitrogens with two attached hydrogens (primary N) is 1. The first-order chi connectivity index (χ1) is 8.83. The normalized spacial score (nSPS) is 15.0. The number of aromatic nitrogens is 2. The molecular weight excluding hydrogens is 242 g/mol. The van der Waals surface area contributed by atoms with Crippen LogP contribution in [0, 0.1) is 0 Å². The van der Waals surface area contributed by atoms with Gasteiger partial charge >= 0.3 is 0 Å². The Balaban J connectivity index is 2.05. The Morgan fingerprint density at radius 3 is 2.94 bits per heavy atom. The van der Waals surface area contributed by atoms with E-state index in [0.29, 0.717) is 12.5 Å². The summed E-state index contributed by atoms with van der Waals surface area (Å²) in [5.74, 6) is 0.655. The topological polar surface area (TPSA) is 51.8 Å². The highest BCUT2D eigenvalue weighted by Crippen LogP contribution is 2.44. The van der Waals surface area contributed by atoms with Crippen molar-refractivity contribution >= 4 is 11.3 Å². The van der Waals surface area contributed by atoms with Crippen molar-refractivity contribution in [1.82, 2.24) is 9.97 Å². The van der Waals surface area contributed by atoms with Crippen LogP contribution >= 0.6 is 11.3 Å². The molecule has 18 heavy (non-hydrogen) atoms. The molecule has 1 fully saturated rings. The Bertz CT molecular complexity index is 558. The van der Waals surface area contributed by atoms with Gasteiger partial charge in [0.05, 0.1) is 5.69 Å². The molecule has 0 aromatic carbocycles. The lowest BCUT2D eigenvalue weighted by Crippen LogP contribution is -1.96. The van der Waals surface area contributed by atoms with Crippen LogP contribution in [-0.2, 0) is 13.0 Å². The van der Waals surface area contributed by atoms with Crippen molar-refractivity contribution < 1.29 is 0 Å². The third kappa shape index (κ3) is 2.06. The van der Waals surface area contributed by atoms with Gasteiger partial charge in [-0.05, 0) is 30.9 Å². The molecule has 2 aromatic heterocycles. The van der Waals surface area contributed by atoms with Crippen molar-refractivity contribution in [2.45, 2.75) is 38.6 Å². The molecule has 2 heterocycles. The van der Waals surface area contributed by atoms with E-state index in [1.54, 1.807) is 11.3 Å². The fourth-order valence-corrected chi connectivity index (χ4v) is 3.26. The smallest absolute Gasteiger partial charge is 0.142 e. The number of hydrogen-bond acceptors (Lipinski definition) is 4. The Morgan fingerprint density at radius 2 is 2.28 bits per heavy atom. The van der Waals surface area contributed by atoms with E-state index in [1.165, 1.54) is 29.0 Å². The second-order valence-electron chi connectivity index (χ2n) is 4.67. The highest BCUT2D eigenvalue weighted by atomic mass is 32.1. The van der Waals surface area contributed by atoms with Gasteiger partial charge in [0, 0.05) is 23.5 Å². The standard InChI is InChI=1S/C14H17N3S/c1-2-9-4-3-7-16-13(9)14-17-12(10-5-6-10)11(8-15)18-14/h3-4,7,10H,2,5-6,8,15H2,1H3. The number of hydrogen-bond donors (Lipinski definition) is 1. The van der Waals surface area contributed by atoms with E-state index in [0.717, 1.165) is 17.1 Å². The molecule has 3 nitrogen and oxygen atoms in total. The zero-order valence-electron chi connectivity index (χ0n) is 10.5. The van der Waals surface area contributed by atoms with Crippen molar-refractivity contribution in [1.29, 1.82) is 0 Å². The Labute approximate surface area is 111 Å². The van der Waals surface area contributed by atoms with Crippen LogP contribution in [0.1, 0.15) is 41.8 Å². The first-order valence-corrected chi connectivity index (χ1v) is 7.29. The highest BCUT2D eigenvalue weighted by Gasteiger charge is 2.29. The van der Waals surface area contributed by atoms with Crippen molar-refractivity contribution in [2.75, 3.05) is 0 Å². The van der Waals surface area contributed by atoms with Crippen LogP contribution in [0.5, 0.6) is 0 Å². The molecular formula is C14H17N3S. The number of pyridine rings is 1. The number of aryl methyl sites for hydroxylation is 1. The molecule has 0 bridgehead atoms. The van der Waals surface area contributed by atoms with E-state index in [2.05, 4.69) is 18.0 Å². The maximum atomic E-state index is 5.83. The summed E-state index contributed by atoms with van der Waals surface area (Å²) in [7, 11) is 0.